The largest absolute Gasteiger partial charge is 0.507 e. The van der Waals surface area contributed by atoms with Crippen molar-refractivity contribution in [3.05, 3.63) is 74.7 Å². The van der Waals surface area contributed by atoms with Crippen LogP contribution in [-0.4, -0.2) is 16.8 Å². The van der Waals surface area contributed by atoms with Crippen molar-refractivity contribution >= 4 is 45.0 Å². The molecule has 3 rings (SSSR count). The highest BCUT2D eigenvalue weighted by Gasteiger charge is 2.39. The Morgan fingerprint density at radius 1 is 1.04 bits per heavy atom. The first kappa shape index (κ1) is 15.8. The van der Waals surface area contributed by atoms with E-state index < -0.39 is 17.7 Å². The quantitative estimate of drug-likeness (QED) is 0.464. The van der Waals surface area contributed by atoms with Crippen molar-refractivity contribution in [2.24, 2.45) is 0 Å². The first-order chi connectivity index (χ1) is 11.0. The SMILES string of the molecule is O=C1NC(c2ccc(Br)cc2)/C(=C(/O)c2ccc(Cl)cc2)C1=O. The Bertz CT molecular complexity index is 813. The molecule has 1 atom stereocenters. The van der Waals surface area contributed by atoms with E-state index in [1.165, 1.54) is 0 Å². The molecule has 2 N–H and O–H groups in total. The van der Waals surface area contributed by atoms with Gasteiger partial charge in [-0.05, 0) is 42.0 Å². The van der Waals surface area contributed by atoms with Crippen LogP contribution in [0, 0.1) is 0 Å². The molecule has 23 heavy (non-hydrogen) atoms. The molecule has 1 unspecified atom stereocenters. The van der Waals surface area contributed by atoms with E-state index in [4.69, 9.17) is 11.6 Å². The molecular formula is C17H11BrClNO3. The summed E-state index contributed by atoms with van der Waals surface area (Å²) in [4.78, 5) is 24.0. The monoisotopic (exact) mass is 391 g/mol. The fourth-order valence-corrected chi connectivity index (χ4v) is 2.83. The summed E-state index contributed by atoms with van der Waals surface area (Å²) >= 11 is 9.17. The normalized spacial score (nSPS) is 19.7. The zero-order valence-corrected chi connectivity index (χ0v) is 14.1. The molecular weight excluding hydrogens is 382 g/mol. The molecule has 0 saturated carbocycles. The van der Waals surface area contributed by atoms with Crippen molar-refractivity contribution in [3.63, 3.8) is 0 Å². The molecule has 1 aliphatic heterocycles. The molecule has 4 nitrogen and oxygen atoms in total. The van der Waals surface area contributed by atoms with Crippen LogP contribution < -0.4 is 5.32 Å². The third-order valence-electron chi connectivity index (χ3n) is 3.59. The Morgan fingerprint density at radius 2 is 1.65 bits per heavy atom. The predicted molar refractivity (Wildman–Crippen MR) is 91.0 cm³/mol. The number of carbonyl (C=O) groups is 2. The van der Waals surface area contributed by atoms with E-state index in [1.54, 1.807) is 48.5 Å². The minimum absolute atomic E-state index is 0.0413. The third kappa shape index (κ3) is 3.02. The smallest absolute Gasteiger partial charge is 0.293 e. The number of benzene rings is 2. The summed E-state index contributed by atoms with van der Waals surface area (Å²) in [6, 6.07) is 12.9. The number of carbonyl (C=O) groups excluding carboxylic acids is 2. The van der Waals surface area contributed by atoms with Gasteiger partial charge in [0.05, 0.1) is 11.6 Å². The summed E-state index contributed by atoms with van der Waals surface area (Å²) in [5.74, 6) is -1.68. The predicted octanol–water partition coefficient (Wildman–Crippen LogP) is 3.81. The number of halogens is 2. The molecule has 0 spiro atoms. The Balaban J connectivity index is 2.10. The molecule has 1 aliphatic rings. The van der Waals surface area contributed by atoms with Crippen molar-refractivity contribution in [2.45, 2.75) is 6.04 Å². The highest BCUT2D eigenvalue weighted by atomic mass is 79.9. The number of aliphatic hydroxyl groups excluding tert-OH is 1. The van der Waals surface area contributed by atoms with Gasteiger partial charge in [0, 0.05) is 15.1 Å². The number of hydrogen-bond acceptors (Lipinski definition) is 3. The first-order valence-electron chi connectivity index (χ1n) is 6.77. The van der Waals surface area contributed by atoms with Gasteiger partial charge in [-0.1, -0.05) is 39.7 Å². The Hall–Kier alpha value is -2.11. The van der Waals surface area contributed by atoms with Gasteiger partial charge in [0.15, 0.2) is 0 Å². The zero-order valence-electron chi connectivity index (χ0n) is 11.7. The number of amides is 1. The lowest BCUT2D eigenvalue weighted by Gasteiger charge is -2.13. The second kappa shape index (κ2) is 6.18. The fraction of sp³-hybridized carbons (Fsp3) is 0.0588. The molecule has 1 amide bonds. The average Bonchev–Trinajstić information content (AvgIpc) is 2.84. The number of hydrogen-bond donors (Lipinski definition) is 2. The molecule has 0 radical (unpaired) electrons. The summed E-state index contributed by atoms with van der Waals surface area (Å²) < 4.78 is 0.879. The molecule has 2 aromatic carbocycles. The van der Waals surface area contributed by atoms with Gasteiger partial charge in [0.2, 0.25) is 0 Å². The van der Waals surface area contributed by atoms with Gasteiger partial charge in [-0.3, -0.25) is 9.59 Å². The highest BCUT2D eigenvalue weighted by Crippen LogP contribution is 2.33. The van der Waals surface area contributed by atoms with Gasteiger partial charge in [-0.2, -0.15) is 0 Å². The number of nitrogens with one attached hydrogen (secondary N) is 1. The Labute approximate surface area is 145 Å². The van der Waals surface area contributed by atoms with Gasteiger partial charge in [0.1, 0.15) is 5.76 Å². The van der Waals surface area contributed by atoms with Crippen LogP contribution in [0.4, 0.5) is 0 Å². The van der Waals surface area contributed by atoms with Crippen molar-refractivity contribution in [3.8, 4) is 0 Å². The van der Waals surface area contributed by atoms with Crippen LogP contribution in [0.2, 0.25) is 5.02 Å². The van der Waals surface area contributed by atoms with Crippen molar-refractivity contribution in [1.29, 1.82) is 0 Å². The standard InChI is InChI=1S/C17H11BrClNO3/c18-11-5-1-9(2-6-11)14-13(16(22)17(23)20-14)15(21)10-3-7-12(19)8-4-10/h1-8,14,21H,(H,20,23)/b15-13-. The molecule has 1 saturated heterocycles. The molecule has 2 aromatic rings. The molecule has 1 fully saturated rings. The summed E-state index contributed by atoms with van der Waals surface area (Å²) in [5, 5.41) is 13.6. The maximum atomic E-state index is 12.2. The highest BCUT2D eigenvalue weighted by molar-refractivity contribution is 9.10. The lowest BCUT2D eigenvalue weighted by atomic mass is 9.96. The topological polar surface area (TPSA) is 66.4 Å². The molecule has 0 aliphatic carbocycles. The Kier molecular flexibility index (Phi) is 4.24. The van der Waals surface area contributed by atoms with E-state index in [0.717, 1.165) is 4.47 Å². The summed E-state index contributed by atoms with van der Waals surface area (Å²) in [7, 11) is 0. The summed E-state index contributed by atoms with van der Waals surface area (Å²) in [5.41, 5.74) is 1.18. The van der Waals surface area contributed by atoms with Crippen LogP contribution in [0.5, 0.6) is 0 Å². The van der Waals surface area contributed by atoms with Gasteiger partial charge in [-0.25, -0.2) is 0 Å². The van der Waals surface area contributed by atoms with Gasteiger partial charge < -0.3 is 10.4 Å². The van der Waals surface area contributed by atoms with Crippen molar-refractivity contribution in [1.82, 2.24) is 5.32 Å². The maximum Gasteiger partial charge on any atom is 0.293 e. The Morgan fingerprint density at radius 3 is 2.26 bits per heavy atom. The second-order valence-corrected chi connectivity index (χ2v) is 6.41. The summed E-state index contributed by atoms with van der Waals surface area (Å²) in [6.07, 6.45) is 0. The van der Waals surface area contributed by atoms with Crippen LogP contribution in [0.3, 0.4) is 0 Å². The molecule has 116 valence electrons. The first-order valence-corrected chi connectivity index (χ1v) is 7.94. The fourth-order valence-electron chi connectivity index (χ4n) is 2.43. The lowest BCUT2D eigenvalue weighted by molar-refractivity contribution is -0.133. The minimum Gasteiger partial charge on any atom is -0.507 e. The van der Waals surface area contributed by atoms with Crippen molar-refractivity contribution < 1.29 is 14.7 Å². The number of aliphatic hydroxyl groups is 1. The van der Waals surface area contributed by atoms with Crippen LogP contribution in [-0.2, 0) is 9.59 Å². The molecule has 6 heteroatoms. The van der Waals surface area contributed by atoms with E-state index in [-0.39, 0.29) is 11.3 Å². The van der Waals surface area contributed by atoms with E-state index in [1.807, 2.05) is 0 Å². The van der Waals surface area contributed by atoms with Crippen LogP contribution in [0.25, 0.3) is 5.76 Å². The third-order valence-corrected chi connectivity index (χ3v) is 4.37. The maximum absolute atomic E-state index is 12.2. The number of Topliss-reactive ketones (excluding diaryl/α,β-unsaturated/α-hetero) is 1. The average molecular weight is 393 g/mol. The van der Waals surface area contributed by atoms with E-state index in [0.29, 0.717) is 16.1 Å². The minimum atomic E-state index is -0.731. The summed E-state index contributed by atoms with van der Waals surface area (Å²) in [6.45, 7) is 0. The number of rotatable bonds is 2. The molecule has 0 aromatic heterocycles. The van der Waals surface area contributed by atoms with Gasteiger partial charge in [-0.15, -0.1) is 0 Å². The van der Waals surface area contributed by atoms with Crippen molar-refractivity contribution in [2.75, 3.05) is 0 Å². The van der Waals surface area contributed by atoms with Gasteiger partial charge >= 0.3 is 0 Å². The molecule has 0 bridgehead atoms. The zero-order chi connectivity index (χ0) is 16.6. The van der Waals surface area contributed by atoms with E-state index in [2.05, 4.69) is 21.2 Å². The van der Waals surface area contributed by atoms with Gasteiger partial charge in [0.25, 0.3) is 11.7 Å². The molecule has 1 heterocycles. The van der Waals surface area contributed by atoms with E-state index in [9.17, 15) is 14.7 Å². The lowest BCUT2D eigenvalue weighted by Crippen LogP contribution is -2.21. The van der Waals surface area contributed by atoms with Crippen LogP contribution in [0.1, 0.15) is 17.2 Å². The van der Waals surface area contributed by atoms with Crippen LogP contribution in [0.15, 0.2) is 58.6 Å². The van der Waals surface area contributed by atoms with E-state index >= 15 is 0 Å². The van der Waals surface area contributed by atoms with Crippen LogP contribution >= 0.6 is 27.5 Å². The second-order valence-electron chi connectivity index (χ2n) is 5.06. The number of ketones is 1.